The van der Waals surface area contributed by atoms with Gasteiger partial charge < -0.3 is 20.3 Å². The van der Waals surface area contributed by atoms with E-state index in [9.17, 15) is 0 Å². The van der Waals surface area contributed by atoms with Crippen molar-refractivity contribution in [2.45, 2.75) is 32.7 Å². The molecule has 0 saturated carbocycles. The van der Waals surface area contributed by atoms with Gasteiger partial charge in [0.1, 0.15) is 5.75 Å². The Morgan fingerprint density at radius 1 is 1.13 bits per heavy atom. The Labute approximate surface area is 140 Å². The minimum atomic E-state index is 0.670. The van der Waals surface area contributed by atoms with Gasteiger partial charge >= 0.3 is 0 Å². The predicted molar refractivity (Wildman–Crippen MR) is 96.1 cm³/mol. The van der Waals surface area contributed by atoms with Gasteiger partial charge in [0.2, 0.25) is 0 Å². The first-order valence-electron chi connectivity index (χ1n) is 8.69. The smallest absolute Gasteiger partial charge is 0.191 e. The van der Waals surface area contributed by atoms with Gasteiger partial charge in [-0.2, -0.15) is 0 Å². The number of ether oxygens (including phenoxy) is 1. The maximum Gasteiger partial charge on any atom is 0.191 e. The molecule has 0 aliphatic carbocycles. The topological polar surface area (TPSA) is 48.9 Å². The van der Waals surface area contributed by atoms with Crippen LogP contribution in [-0.2, 0) is 6.54 Å². The summed E-state index contributed by atoms with van der Waals surface area (Å²) < 4.78 is 5.18. The number of nitrogens with one attached hydrogen (secondary N) is 2. The Morgan fingerprint density at radius 2 is 1.87 bits per heavy atom. The maximum absolute atomic E-state index is 5.18. The number of nitrogens with zero attached hydrogens (tertiary/aromatic N) is 2. The van der Waals surface area contributed by atoms with Crippen molar-refractivity contribution in [1.29, 1.82) is 0 Å². The number of piperidine rings is 1. The van der Waals surface area contributed by atoms with Crippen molar-refractivity contribution in [2.75, 3.05) is 39.8 Å². The van der Waals surface area contributed by atoms with Crippen molar-refractivity contribution in [3.63, 3.8) is 0 Å². The quantitative estimate of drug-likeness (QED) is 0.598. The number of guanidine groups is 1. The highest BCUT2D eigenvalue weighted by atomic mass is 16.5. The van der Waals surface area contributed by atoms with Gasteiger partial charge in [0.05, 0.1) is 13.7 Å². The standard InChI is InChI=1S/C18H30N4O/c1-3-19-18(20-11-14-22-12-5-4-6-13-22)21-15-16-7-9-17(23-2)10-8-16/h7-10H,3-6,11-15H2,1-2H3,(H2,19,20,21). The second-order valence-electron chi connectivity index (χ2n) is 5.87. The summed E-state index contributed by atoms with van der Waals surface area (Å²) in [6.07, 6.45) is 4.06. The number of benzene rings is 1. The monoisotopic (exact) mass is 318 g/mol. The van der Waals surface area contributed by atoms with Crippen LogP contribution >= 0.6 is 0 Å². The minimum absolute atomic E-state index is 0.670. The first-order valence-corrected chi connectivity index (χ1v) is 8.69. The number of likely N-dealkylation sites (tertiary alicyclic amines) is 1. The number of rotatable bonds is 7. The molecule has 5 nitrogen and oxygen atoms in total. The summed E-state index contributed by atoms with van der Waals surface area (Å²) in [5, 5.41) is 6.74. The van der Waals surface area contributed by atoms with Crippen molar-refractivity contribution in [1.82, 2.24) is 15.5 Å². The van der Waals surface area contributed by atoms with Crippen LogP contribution in [-0.4, -0.2) is 50.7 Å². The Bertz CT molecular complexity index is 466. The van der Waals surface area contributed by atoms with Crippen molar-refractivity contribution in [2.24, 2.45) is 4.99 Å². The molecule has 1 heterocycles. The lowest BCUT2D eigenvalue weighted by molar-refractivity contribution is 0.232. The molecule has 1 aliphatic heterocycles. The molecular formula is C18H30N4O. The number of methoxy groups -OCH3 is 1. The fourth-order valence-electron chi connectivity index (χ4n) is 2.76. The van der Waals surface area contributed by atoms with Crippen LogP contribution in [0.5, 0.6) is 5.75 Å². The summed E-state index contributed by atoms with van der Waals surface area (Å²) in [6, 6.07) is 8.06. The van der Waals surface area contributed by atoms with Crippen LogP contribution in [0.15, 0.2) is 29.3 Å². The van der Waals surface area contributed by atoms with E-state index >= 15 is 0 Å². The summed E-state index contributed by atoms with van der Waals surface area (Å²) in [6.45, 7) is 8.14. The first-order chi connectivity index (χ1) is 11.3. The van der Waals surface area contributed by atoms with Gasteiger partial charge in [0, 0.05) is 19.6 Å². The normalized spacial score (nSPS) is 16.2. The molecule has 1 fully saturated rings. The summed E-state index contributed by atoms with van der Waals surface area (Å²) in [7, 11) is 1.68. The minimum Gasteiger partial charge on any atom is -0.497 e. The highest BCUT2D eigenvalue weighted by Crippen LogP contribution is 2.11. The Hall–Kier alpha value is -1.75. The van der Waals surface area contributed by atoms with E-state index in [1.54, 1.807) is 7.11 Å². The molecule has 2 N–H and O–H groups in total. The van der Waals surface area contributed by atoms with Crippen LogP contribution < -0.4 is 15.4 Å². The lowest BCUT2D eigenvalue weighted by Gasteiger charge is -2.26. The molecule has 2 rings (SSSR count). The molecule has 128 valence electrons. The molecule has 0 radical (unpaired) electrons. The lowest BCUT2D eigenvalue weighted by atomic mass is 10.1. The summed E-state index contributed by atoms with van der Waals surface area (Å²) in [4.78, 5) is 7.19. The molecular weight excluding hydrogens is 288 g/mol. The average Bonchev–Trinajstić information content (AvgIpc) is 2.61. The molecule has 1 aromatic carbocycles. The fraction of sp³-hybridized carbons (Fsp3) is 0.611. The second kappa shape index (κ2) is 10.1. The van der Waals surface area contributed by atoms with Crippen molar-refractivity contribution in [3.05, 3.63) is 29.8 Å². The third-order valence-corrected chi connectivity index (χ3v) is 4.09. The zero-order valence-electron chi connectivity index (χ0n) is 14.5. The van der Waals surface area contributed by atoms with E-state index < -0.39 is 0 Å². The van der Waals surface area contributed by atoms with Crippen LogP contribution in [0.4, 0.5) is 0 Å². The molecule has 1 aliphatic rings. The van der Waals surface area contributed by atoms with Crippen molar-refractivity contribution in [3.8, 4) is 5.75 Å². The van der Waals surface area contributed by atoms with Crippen LogP contribution in [0.25, 0.3) is 0 Å². The van der Waals surface area contributed by atoms with E-state index in [2.05, 4.69) is 39.6 Å². The summed E-state index contributed by atoms with van der Waals surface area (Å²) in [5.74, 6) is 1.77. The third-order valence-electron chi connectivity index (χ3n) is 4.09. The SMILES string of the molecule is CCNC(=NCc1ccc(OC)cc1)NCCN1CCCCC1. The lowest BCUT2D eigenvalue weighted by Crippen LogP contribution is -2.42. The van der Waals surface area contributed by atoms with Gasteiger partial charge in [0.15, 0.2) is 5.96 Å². The summed E-state index contributed by atoms with van der Waals surface area (Å²) >= 11 is 0. The van der Waals surface area contributed by atoms with Gasteiger partial charge in [-0.1, -0.05) is 18.6 Å². The highest BCUT2D eigenvalue weighted by Gasteiger charge is 2.09. The van der Waals surface area contributed by atoms with E-state index in [4.69, 9.17) is 4.74 Å². The first kappa shape index (κ1) is 17.6. The summed E-state index contributed by atoms with van der Waals surface area (Å²) in [5.41, 5.74) is 1.18. The van der Waals surface area contributed by atoms with Gasteiger partial charge in [0.25, 0.3) is 0 Å². The van der Waals surface area contributed by atoms with Crippen LogP contribution in [0.2, 0.25) is 0 Å². The van der Waals surface area contributed by atoms with Gasteiger partial charge in [-0.3, -0.25) is 0 Å². The molecule has 1 saturated heterocycles. The zero-order valence-corrected chi connectivity index (χ0v) is 14.5. The Balaban J connectivity index is 1.78. The van der Waals surface area contributed by atoms with E-state index in [0.717, 1.165) is 31.3 Å². The molecule has 0 aromatic heterocycles. The maximum atomic E-state index is 5.18. The molecule has 23 heavy (non-hydrogen) atoms. The van der Waals surface area contributed by atoms with Gasteiger partial charge in [-0.15, -0.1) is 0 Å². The molecule has 0 bridgehead atoms. The van der Waals surface area contributed by atoms with E-state index in [0.29, 0.717) is 6.54 Å². The van der Waals surface area contributed by atoms with Crippen molar-refractivity contribution < 1.29 is 4.74 Å². The fourth-order valence-corrected chi connectivity index (χ4v) is 2.76. The average molecular weight is 318 g/mol. The molecule has 5 heteroatoms. The number of aliphatic imine (C=N–C) groups is 1. The van der Waals surface area contributed by atoms with E-state index in [-0.39, 0.29) is 0 Å². The predicted octanol–water partition coefficient (Wildman–Crippen LogP) is 2.24. The molecule has 0 amide bonds. The third kappa shape index (κ3) is 6.48. The molecule has 0 spiro atoms. The number of hydrogen-bond acceptors (Lipinski definition) is 3. The van der Waals surface area contributed by atoms with E-state index in [1.165, 1.54) is 37.9 Å². The number of hydrogen-bond donors (Lipinski definition) is 2. The largest absolute Gasteiger partial charge is 0.497 e. The van der Waals surface area contributed by atoms with Crippen LogP contribution in [0, 0.1) is 0 Å². The van der Waals surface area contributed by atoms with Crippen LogP contribution in [0.3, 0.4) is 0 Å². The Kier molecular flexibility index (Phi) is 7.73. The second-order valence-corrected chi connectivity index (χ2v) is 5.87. The highest BCUT2D eigenvalue weighted by molar-refractivity contribution is 5.79. The van der Waals surface area contributed by atoms with Gasteiger partial charge in [-0.05, 0) is 50.6 Å². The Morgan fingerprint density at radius 3 is 2.52 bits per heavy atom. The van der Waals surface area contributed by atoms with E-state index in [1.807, 2.05) is 12.1 Å². The van der Waals surface area contributed by atoms with Crippen molar-refractivity contribution >= 4 is 5.96 Å². The molecule has 1 aromatic rings. The zero-order chi connectivity index (χ0) is 16.3. The molecule has 0 atom stereocenters. The molecule has 0 unspecified atom stereocenters. The van der Waals surface area contributed by atoms with Gasteiger partial charge in [-0.25, -0.2) is 4.99 Å². The van der Waals surface area contributed by atoms with Crippen LogP contribution in [0.1, 0.15) is 31.7 Å².